The molecule has 3 aromatic rings. The van der Waals surface area contributed by atoms with Gasteiger partial charge in [-0.2, -0.15) is 5.10 Å². The molecule has 0 amide bonds. The van der Waals surface area contributed by atoms with Crippen LogP contribution in [0.5, 0.6) is 0 Å². The highest BCUT2D eigenvalue weighted by atomic mass is 32.2. The molecular weight excluding hydrogens is 338 g/mol. The quantitative estimate of drug-likeness (QED) is 0.678. The minimum absolute atomic E-state index is 0.0192. The smallest absolute Gasteiger partial charge is 0.240 e. The van der Waals surface area contributed by atoms with Gasteiger partial charge in [0.05, 0.1) is 24.2 Å². The average molecular weight is 357 g/mol. The van der Waals surface area contributed by atoms with Gasteiger partial charge in [-0.05, 0) is 23.3 Å². The van der Waals surface area contributed by atoms with Gasteiger partial charge in [0.15, 0.2) is 0 Å². The van der Waals surface area contributed by atoms with E-state index in [0.29, 0.717) is 6.54 Å². The van der Waals surface area contributed by atoms with Gasteiger partial charge < -0.3 is 5.11 Å². The maximum Gasteiger partial charge on any atom is 0.240 e. The predicted molar refractivity (Wildman–Crippen MR) is 95.2 cm³/mol. The van der Waals surface area contributed by atoms with Gasteiger partial charge in [0.25, 0.3) is 0 Å². The van der Waals surface area contributed by atoms with Crippen molar-refractivity contribution in [2.45, 2.75) is 18.0 Å². The van der Waals surface area contributed by atoms with E-state index in [2.05, 4.69) is 9.82 Å². The Morgan fingerprint density at radius 2 is 1.72 bits per heavy atom. The fourth-order valence-corrected chi connectivity index (χ4v) is 3.44. The van der Waals surface area contributed by atoms with Gasteiger partial charge in [0, 0.05) is 18.3 Å². The third-order valence-electron chi connectivity index (χ3n) is 3.77. The Labute approximate surface area is 146 Å². The van der Waals surface area contributed by atoms with E-state index >= 15 is 0 Å². The van der Waals surface area contributed by atoms with Crippen molar-refractivity contribution in [3.05, 3.63) is 72.6 Å². The first kappa shape index (κ1) is 17.3. The van der Waals surface area contributed by atoms with E-state index < -0.39 is 10.0 Å². The van der Waals surface area contributed by atoms with Crippen molar-refractivity contribution >= 4 is 10.0 Å². The van der Waals surface area contributed by atoms with E-state index in [-0.39, 0.29) is 18.0 Å². The number of sulfonamides is 1. The molecule has 0 atom stereocenters. The molecule has 0 bridgehead atoms. The lowest BCUT2D eigenvalue weighted by Crippen LogP contribution is -2.23. The number of aliphatic hydroxyl groups excluding tert-OH is 1. The fraction of sp³-hybridized carbons (Fsp3) is 0.167. The lowest BCUT2D eigenvalue weighted by atomic mass is 10.1. The number of nitrogens with zero attached hydrogens (tertiary/aromatic N) is 2. The standard InChI is InChI=1S/C18H19N3O3S/c22-11-10-21-14-17(13-19-21)16-6-8-18(9-7-16)25(23,24)20-12-15-4-2-1-3-5-15/h1-9,13-14,20,22H,10-12H2. The number of benzene rings is 2. The Morgan fingerprint density at radius 3 is 2.40 bits per heavy atom. The zero-order chi connectivity index (χ0) is 17.7. The fourth-order valence-electron chi connectivity index (χ4n) is 2.42. The van der Waals surface area contributed by atoms with Crippen LogP contribution in [-0.2, 0) is 23.1 Å². The van der Waals surface area contributed by atoms with Gasteiger partial charge in [0.2, 0.25) is 10.0 Å². The summed E-state index contributed by atoms with van der Waals surface area (Å²) in [6.45, 7) is 0.695. The molecule has 0 saturated heterocycles. The average Bonchev–Trinajstić information content (AvgIpc) is 3.10. The van der Waals surface area contributed by atoms with Crippen molar-refractivity contribution in [3.63, 3.8) is 0 Å². The number of hydrogen-bond acceptors (Lipinski definition) is 4. The maximum absolute atomic E-state index is 12.4. The molecule has 0 fully saturated rings. The highest BCUT2D eigenvalue weighted by molar-refractivity contribution is 7.89. The Morgan fingerprint density at radius 1 is 1.00 bits per heavy atom. The van der Waals surface area contributed by atoms with Crippen LogP contribution in [0.3, 0.4) is 0 Å². The molecule has 0 aliphatic carbocycles. The SMILES string of the molecule is O=S(=O)(NCc1ccccc1)c1ccc(-c2cnn(CCO)c2)cc1. The Balaban J connectivity index is 1.72. The van der Waals surface area contributed by atoms with Crippen molar-refractivity contribution in [1.29, 1.82) is 0 Å². The second-order valence-electron chi connectivity index (χ2n) is 5.55. The molecule has 2 N–H and O–H groups in total. The van der Waals surface area contributed by atoms with Gasteiger partial charge >= 0.3 is 0 Å². The molecule has 1 heterocycles. The summed E-state index contributed by atoms with van der Waals surface area (Å²) < 4.78 is 29.0. The van der Waals surface area contributed by atoms with Gasteiger partial charge in [-0.25, -0.2) is 13.1 Å². The van der Waals surface area contributed by atoms with Gasteiger partial charge in [-0.15, -0.1) is 0 Å². The molecule has 0 unspecified atom stereocenters. The molecular formula is C18H19N3O3S. The van der Waals surface area contributed by atoms with Crippen molar-refractivity contribution in [1.82, 2.24) is 14.5 Å². The van der Waals surface area contributed by atoms with Gasteiger partial charge in [-0.1, -0.05) is 42.5 Å². The van der Waals surface area contributed by atoms with Crippen LogP contribution in [0.4, 0.5) is 0 Å². The van der Waals surface area contributed by atoms with Crippen molar-refractivity contribution < 1.29 is 13.5 Å². The summed E-state index contributed by atoms with van der Waals surface area (Å²) in [4.78, 5) is 0.218. The lowest BCUT2D eigenvalue weighted by molar-refractivity contribution is 0.269. The topological polar surface area (TPSA) is 84.2 Å². The summed E-state index contributed by atoms with van der Waals surface area (Å²) >= 11 is 0. The van der Waals surface area contributed by atoms with Crippen LogP contribution in [0, 0.1) is 0 Å². The van der Waals surface area contributed by atoms with Crippen LogP contribution in [0.15, 0.2) is 71.9 Å². The van der Waals surface area contributed by atoms with Crippen molar-refractivity contribution in [2.24, 2.45) is 0 Å². The summed E-state index contributed by atoms with van der Waals surface area (Å²) in [5.74, 6) is 0. The molecule has 0 aliphatic rings. The highest BCUT2D eigenvalue weighted by Gasteiger charge is 2.14. The van der Waals surface area contributed by atoms with Gasteiger partial charge in [-0.3, -0.25) is 4.68 Å². The summed E-state index contributed by atoms with van der Waals surface area (Å²) in [6, 6.07) is 16.0. The number of aromatic nitrogens is 2. The molecule has 0 radical (unpaired) electrons. The number of rotatable bonds is 7. The first-order valence-corrected chi connectivity index (χ1v) is 9.34. The van der Waals surface area contributed by atoms with Crippen molar-refractivity contribution in [3.8, 4) is 11.1 Å². The van der Waals surface area contributed by atoms with E-state index in [1.807, 2.05) is 36.5 Å². The minimum Gasteiger partial charge on any atom is -0.394 e. The Hall–Kier alpha value is -2.48. The number of hydrogen-bond donors (Lipinski definition) is 2. The second-order valence-corrected chi connectivity index (χ2v) is 7.32. The molecule has 2 aromatic carbocycles. The zero-order valence-electron chi connectivity index (χ0n) is 13.5. The number of aliphatic hydroxyl groups is 1. The lowest BCUT2D eigenvalue weighted by Gasteiger charge is -2.07. The molecule has 25 heavy (non-hydrogen) atoms. The van der Waals surface area contributed by atoms with Crippen LogP contribution in [0.1, 0.15) is 5.56 Å². The summed E-state index contributed by atoms with van der Waals surface area (Å²) in [5.41, 5.74) is 2.64. The first-order valence-electron chi connectivity index (χ1n) is 7.86. The molecule has 7 heteroatoms. The summed E-state index contributed by atoms with van der Waals surface area (Å²) in [5, 5.41) is 13.1. The second kappa shape index (κ2) is 7.60. The van der Waals surface area contributed by atoms with Crippen LogP contribution in [0.2, 0.25) is 0 Å². The minimum atomic E-state index is -3.56. The van der Waals surface area contributed by atoms with Gasteiger partial charge in [0.1, 0.15) is 0 Å². The van der Waals surface area contributed by atoms with E-state index in [1.165, 1.54) is 0 Å². The van der Waals surface area contributed by atoms with E-state index in [9.17, 15) is 8.42 Å². The predicted octanol–water partition coefficient (Wildman–Crippen LogP) is 2.02. The molecule has 130 valence electrons. The Kier molecular flexibility index (Phi) is 5.28. The van der Waals surface area contributed by atoms with Crippen LogP contribution >= 0.6 is 0 Å². The number of nitrogens with one attached hydrogen (secondary N) is 1. The Bertz CT molecular complexity index is 920. The molecule has 0 aliphatic heterocycles. The molecule has 1 aromatic heterocycles. The van der Waals surface area contributed by atoms with E-state index in [4.69, 9.17) is 5.11 Å². The molecule has 6 nitrogen and oxygen atoms in total. The van der Waals surface area contributed by atoms with Crippen molar-refractivity contribution in [2.75, 3.05) is 6.61 Å². The normalized spacial score (nSPS) is 11.6. The van der Waals surface area contributed by atoms with Crippen LogP contribution in [0.25, 0.3) is 11.1 Å². The van der Waals surface area contributed by atoms with E-state index in [1.54, 1.807) is 35.1 Å². The largest absolute Gasteiger partial charge is 0.394 e. The monoisotopic (exact) mass is 357 g/mol. The molecule has 0 spiro atoms. The highest BCUT2D eigenvalue weighted by Crippen LogP contribution is 2.21. The molecule has 3 rings (SSSR count). The van der Waals surface area contributed by atoms with Crippen LogP contribution < -0.4 is 4.72 Å². The third kappa shape index (κ3) is 4.33. The molecule has 0 saturated carbocycles. The van der Waals surface area contributed by atoms with E-state index in [0.717, 1.165) is 16.7 Å². The third-order valence-corrected chi connectivity index (χ3v) is 5.19. The zero-order valence-corrected chi connectivity index (χ0v) is 14.4. The maximum atomic E-state index is 12.4. The summed E-state index contributed by atoms with van der Waals surface area (Å²) in [7, 11) is -3.56. The summed E-state index contributed by atoms with van der Waals surface area (Å²) in [6.07, 6.45) is 3.50. The van der Waals surface area contributed by atoms with Crippen LogP contribution in [-0.4, -0.2) is 29.9 Å². The first-order chi connectivity index (χ1) is 12.1.